The molecule has 0 radical (unpaired) electrons. The predicted octanol–water partition coefficient (Wildman–Crippen LogP) is 0.944. The fraction of sp³-hybridized carbons (Fsp3) is 0.455. The summed E-state index contributed by atoms with van der Waals surface area (Å²) in [5, 5.41) is 15.3. The van der Waals surface area contributed by atoms with Crippen molar-refractivity contribution in [1.82, 2.24) is 10.3 Å². The average molecular weight is 221 g/mol. The molecule has 16 heavy (non-hydrogen) atoms. The lowest BCUT2D eigenvalue weighted by Crippen LogP contribution is -2.35. The fourth-order valence-electron chi connectivity index (χ4n) is 1.78. The molecular weight excluding hydrogens is 206 g/mol. The van der Waals surface area contributed by atoms with Gasteiger partial charge in [0.25, 0.3) is 0 Å². The summed E-state index contributed by atoms with van der Waals surface area (Å²) in [5.74, 6) is -0.196. The number of nitrogens with one attached hydrogen (secondary N) is 2. The third kappa shape index (κ3) is 2.70. The van der Waals surface area contributed by atoms with Gasteiger partial charge in [-0.2, -0.15) is 0 Å². The summed E-state index contributed by atoms with van der Waals surface area (Å²) in [6.07, 6.45) is 3.52. The molecule has 1 saturated heterocycles. The number of piperidine rings is 1. The highest BCUT2D eigenvalue weighted by atomic mass is 16.4. The van der Waals surface area contributed by atoms with Crippen LogP contribution < -0.4 is 10.6 Å². The molecule has 3 N–H and O–H groups in total. The Hall–Kier alpha value is -1.62. The largest absolute Gasteiger partial charge is 0.478 e. The lowest BCUT2D eigenvalue weighted by atomic mass is 10.1. The zero-order valence-electron chi connectivity index (χ0n) is 8.94. The van der Waals surface area contributed by atoms with E-state index in [9.17, 15) is 4.79 Å². The summed E-state index contributed by atoms with van der Waals surface area (Å²) in [4.78, 5) is 14.7. The molecule has 5 nitrogen and oxygen atoms in total. The van der Waals surface area contributed by atoms with Gasteiger partial charge in [0.05, 0.1) is 5.56 Å². The maximum absolute atomic E-state index is 10.6. The molecule has 0 amide bonds. The minimum absolute atomic E-state index is 0.218. The molecule has 1 aliphatic rings. The molecule has 2 rings (SSSR count). The van der Waals surface area contributed by atoms with E-state index in [1.807, 2.05) is 0 Å². The second kappa shape index (κ2) is 4.94. The Labute approximate surface area is 93.9 Å². The standard InChI is InChI=1S/C11H15N3O2/c15-11(16)8-1-2-10(13-7-8)14-9-3-5-12-6-4-9/h1-2,7,9,12H,3-6H2,(H,13,14)(H,15,16). The molecule has 0 aromatic carbocycles. The fourth-order valence-corrected chi connectivity index (χ4v) is 1.78. The van der Waals surface area contributed by atoms with Crippen molar-refractivity contribution in [2.75, 3.05) is 18.4 Å². The smallest absolute Gasteiger partial charge is 0.337 e. The SMILES string of the molecule is O=C(O)c1ccc(NC2CCNCC2)nc1. The van der Waals surface area contributed by atoms with E-state index in [0.29, 0.717) is 6.04 Å². The van der Waals surface area contributed by atoms with Crippen molar-refractivity contribution in [3.05, 3.63) is 23.9 Å². The van der Waals surface area contributed by atoms with E-state index in [4.69, 9.17) is 5.11 Å². The van der Waals surface area contributed by atoms with E-state index >= 15 is 0 Å². The highest BCUT2D eigenvalue weighted by Gasteiger charge is 2.13. The highest BCUT2D eigenvalue weighted by molar-refractivity contribution is 5.87. The number of hydrogen-bond donors (Lipinski definition) is 3. The van der Waals surface area contributed by atoms with Crippen molar-refractivity contribution in [2.45, 2.75) is 18.9 Å². The van der Waals surface area contributed by atoms with Crippen LogP contribution in [0.4, 0.5) is 5.82 Å². The number of carboxylic acid groups (broad SMARTS) is 1. The van der Waals surface area contributed by atoms with Crippen LogP contribution in [0.5, 0.6) is 0 Å². The van der Waals surface area contributed by atoms with Gasteiger partial charge in [0.15, 0.2) is 0 Å². The quantitative estimate of drug-likeness (QED) is 0.708. The summed E-state index contributed by atoms with van der Waals surface area (Å²) < 4.78 is 0. The van der Waals surface area contributed by atoms with Crippen LogP contribution >= 0.6 is 0 Å². The van der Waals surface area contributed by atoms with Crippen molar-refractivity contribution < 1.29 is 9.90 Å². The first-order valence-electron chi connectivity index (χ1n) is 5.42. The van der Waals surface area contributed by atoms with Gasteiger partial charge < -0.3 is 15.7 Å². The lowest BCUT2D eigenvalue weighted by molar-refractivity contribution is 0.0696. The third-order valence-electron chi connectivity index (χ3n) is 2.70. The maximum Gasteiger partial charge on any atom is 0.337 e. The van der Waals surface area contributed by atoms with Crippen LogP contribution in [-0.2, 0) is 0 Å². The number of carboxylic acids is 1. The van der Waals surface area contributed by atoms with Crippen LogP contribution in [0.1, 0.15) is 23.2 Å². The van der Waals surface area contributed by atoms with Crippen LogP contribution in [0.15, 0.2) is 18.3 Å². The second-order valence-corrected chi connectivity index (χ2v) is 3.91. The van der Waals surface area contributed by atoms with Crippen LogP contribution in [0.3, 0.4) is 0 Å². The van der Waals surface area contributed by atoms with Crippen molar-refractivity contribution in [2.24, 2.45) is 0 Å². The van der Waals surface area contributed by atoms with E-state index in [1.54, 1.807) is 12.1 Å². The first-order valence-corrected chi connectivity index (χ1v) is 5.42. The Bertz CT molecular complexity index is 358. The molecule has 0 bridgehead atoms. The monoisotopic (exact) mass is 221 g/mol. The zero-order valence-corrected chi connectivity index (χ0v) is 8.94. The van der Waals surface area contributed by atoms with Gasteiger partial charge >= 0.3 is 5.97 Å². The maximum atomic E-state index is 10.6. The van der Waals surface area contributed by atoms with Crippen molar-refractivity contribution in [3.8, 4) is 0 Å². The molecule has 5 heteroatoms. The van der Waals surface area contributed by atoms with Crippen LogP contribution in [0, 0.1) is 0 Å². The number of aromatic nitrogens is 1. The van der Waals surface area contributed by atoms with Gasteiger partial charge in [-0.1, -0.05) is 0 Å². The summed E-state index contributed by atoms with van der Waals surface area (Å²) in [7, 11) is 0. The number of aromatic carboxylic acids is 1. The van der Waals surface area contributed by atoms with Gasteiger partial charge in [-0.15, -0.1) is 0 Å². The van der Waals surface area contributed by atoms with Crippen molar-refractivity contribution in [1.29, 1.82) is 0 Å². The van der Waals surface area contributed by atoms with Crippen LogP contribution in [-0.4, -0.2) is 35.2 Å². The lowest BCUT2D eigenvalue weighted by Gasteiger charge is -2.24. The zero-order chi connectivity index (χ0) is 11.4. The Balaban J connectivity index is 1.96. The Morgan fingerprint density at radius 2 is 2.19 bits per heavy atom. The topological polar surface area (TPSA) is 74.2 Å². The highest BCUT2D eigenvalue weighted by Crippen LogP contribution is 2.11. The molecule has 0 saturated carbocycles. The Morgan fingerprint density at radius 1 is 1.44 bits per heavy atom. The van der Waals surface area contributed by atoms with E-state index in [1.165, 1.54) is 6.20 Å². The normalized spacial score (nSPS) is 17.0. The number of nitrogens with zero attached hydrogens (tertiary/aromatic N) is 1. The molecule has 0 spiro atoms. The molecule has 1 aromatic rings. The van der Waals surface area contributed by atoms with Gasteiger partial charge in [0.2, 0.25) is 0 Å². The first-order chi connectivity index (χ1) is 7.75. The second-order valence-electron chi connectivity index (χ2n) is 3.91. The van der Waals surface area contributed by atoms with Crippen molar-refractivity contribution in [3.63, 3.8) is 0 Å². The van der Waals surface area contributed by atoms with Gasteiger partial charge in [0.1, 0.15) is 5.82 Å². The number of carbonyl (C=O) groups is 1. The third-order valence-corrected chi connectivity index (χ3v) is 2.70. The number of anilines is 1. The molecule has 0 unspecified atom stereocenters. The molecule has 1 aliphatic heterocycles. The molecule has 86 valence electrons. The van der Waals surface area contributed by atoms with E-state index < -0.39 is 5.97 Å². The molecule has 2 heterocycles. The van der Waals surface area contributed by atoms with Gasteiger partial charge in [0, 0.05) is 12.2 Å². The van der Waals surface area contributed by atoms with Crippen LogP contribution in [0.2, 0.25) is 0 Å². The molecule has 1 aromatic heterocycles. The summed E-state index contributed by atoms with van der Waals surface area (Å²) >= 11 is 0. The molecule has 0 atom stereocenters. The van der Waals surface area contributed by atoms with Gasteiger partial charge in [-0.3, -0.25) is 0 Å². The summed E-state index contributed by atoms with van der Waals surface area (Å²) in [6.45, 7) is 2.04. The number of hydrogen-bond acceptors (Lipinski definition) is 4. The van der Waals surface area contributed by atoms with Crippen molar-refractivity contribution >= 4 is 11.8 Å². The van der Waals surface area contributed by atoms with E-state index in [2.05, 4.69) is 15.6 Å². The predicted molar refractivity (Wildman–Crippen MR) is 60.7 cm³/mol. The first kappa shape index (κ1) is 10.9. The molecular formula is C11H15N3O2. The van der Waals surface area contributed by atoms with E-state index in [0.717, 1.165) is 31.7 Å². The summed E-state index contributed by atoms with van der Waals surface area (Å²) in [5.41, 5.74) is 0.218. The average Bonchev–Trinajstić information content (AvgIpc) is 2.31. The minimum Gasteiger partial charge on any atom is -0.478 e. The van der Waals surface area contributed by atoms with Gasteiger partial charge in [-0.05, 0) is 38.1 Å². The Kier molecular flexibility index (Phi) is 3.36. The van der Waals surface area contributed by atoms with E-state index in [-0.39, 0.29) is 5.56 Å². The summed E-state index contributed by atoms with van der Waals surface area (Å²) in [6, 6.07) is 3.72. The number of rotatable bonds is 3. The minimum atomic E-state index is -0.944. The van der Waals surface area contributed by atoms with Crippen LogP contribution in [0.25, 0.3) is 0 Å². The number of pyridine rings is 1. The molecule has 0 aliphatic carbocycles. The molecule has 1 fully saturated rings. The van der Waals surface area contributed by atoms with Gasteiger partial charge in [-0.25, -0.2) is 9.78 Å². The Morgan fingerprint density at radius 3 is 2.75 bits per heavy atom.